The van der Waals surface area contributed by atoms with Crippen LogP contribution in [0.1, 0.15) is 1.37 Å². The number of rotatable bonds is 7. The van der Waals surface area contributed by atoms with Crippen LogP contribution in [0.4, 0.5) is 0 Å². The Morgan fingerprint density at radius 2 is 1.00 bits per heavy atom. The van der Waals surface area contributed by atoms with Crippen molar-refractivity contribution >= 4 is 21.8 Å². The van der Waals surface area contributed by atoms with Gasteiger partial charge in [-0.05, 0) is 29.6 Å². The van der Waals surface area contributed by atoms with Crippen molar-refractivity contribution in [3.05, 3.63) is 152 Å². The fourth-order valence-corrected chi connectivity index (χ4v) is 5.11. The molecule has 0 saturated heterocycles. The number of pyridine rings is 2. The van der Waals surface area contributed by atoms with Crippen LogP contribution in [0.2, 0.25) is 0 Å². The summed E-state index contributed by atoms with van der Waals surface area (Å²) in [6.07, 6.45) is 6.41. The minimum atomic E-state index is 0. The molecule has 0 fully saturated rings. The molecule has 0 aliphatic carbocycles. The summed E-state index contributed by atoms with van der Waals surface area (Å²) in [4.78, 5) is 17.8. The molecule has 7 nitrogen and oxygen atoms in total. The Hall–Kier alpha value is -4.99. The minimum Gasteiger partial charge on any atom is -0.503 e. The third-order valence-electron chi connectivity index (χ3n) is 7.10. The second kappa shape index (κ2) is 14.2. The molecule has 4 heterocycles. The average Bonchev–Trinajstić information content (AvgIpc) is 3.42. The predicted octanol–water partition coefficient (Wildman–Crippen LogP) is 8.48. The van der Waals surface area contributed by atoms with Crippen molar-refractivity contribution in [1.82, 2.24) is 24.5 Å². The van der Waals surface area contributed by atoms with Crippen LogP contribution in [0, 0.1) is 24.3 Å². The van der Waals surface area contributed by atoms with Crippen molar-refractivity contribution in [1.29, 1.82) is 0 Å². The van der Waals surface area contributed by atoms with Gasteiger partial charge in [0, 0.05) is 47.8 Å². The first-order chi connectivity index (χ1) is 22.7. The summed E-state index contributed by atoms with van der Waals surface area (Å²) in [5, 5.41) is 1.80. The number of benzene rings is 4. The van der Waals surface area contributed by atoms with E-state index in [1.807, 2.05) is 102 Å². The van der Waals surface area contributed by atoms with E-state index in [9.17, 15) is 0 Å². The Morgan fingerprint density at radius 1 is 0.511 bits per heavy atom. The van der Waals surface area contributed by atoms with Crippen LogP contribution in [0.5, 0.6) is 23.0 Å². The van der Waals surface area contributed by atoms with Gasteiger partial charge in [-0.3, -0.25) is 0 Å². The molecular weight excluding hydrogens is 860 g/mol. The monoisotopic (exact) mass is 881 g/mol. The molecule has 9 heteroatoms. The normalized spacial score (nSPS) is 10.9. The molecule has 4 aromatic carbocycles. The van der Waals surface area contributed by atoms with Crippen molar-refractivity contribution in [3.63, 3.8) is 0 Å². The van der Waals surface area contributed by atoms with E-state index >= 15 is 0 Å². The van der Waals surface area contributed by atoms with Crippen molar-refractivity contribution in [3.8, 4) is 51.5 Å². The maximum atomic E-state index is 7.91. The number of hydrogen-bond acceptors (Lipinski definition) is 6. The first kappa shape index (κ1) is 30.7. The van der Waals surface area contributed by atoms with E-state index in [1.54, 1.807) is 12.4 Å². The molecule has 0 atom stereocenters. The van der Waals surface area contributed by atoms with Crippen LogP contribution < -0.4 is 9.47 Å². The molecule has 0 aliphatic rings. The van der Waals surface area contributed by atoms with Gasteiger partial charge in [-0.15, -0.1) is 71.8 Å². The predicted molar refractivity (Wildman–Crippen MR) is 171 cm³/mol. The second-order valence-electron chi connectivity index (χ2n) is 9.98. The van der Waals surface area contributed by atoms with Crippen LogP contribution in [-0.4, -0.2) is 24.5 Å². The number of nitrogens with zero attached hydrogens (tertiary/aromatic N) is 5. The summed E-state index contributed by atoms with van der Waals surface area (Å²) in [6.45, 7) is 0. The standard InChI is InChI=1S/C38H21N5O2.Pd.Pt/c1-3-18-39-34(12-1)26-8-5-10-28(22-26)44-30-14-16-32-33-17-15-31(25-37(33)43(36(32)24-30)38-41-20-7-21-42-38)45-29-11-6-9-27(23-29)35-13-2-4-19-40-35;;/h1-21H;;/q-4;2*+2/i7D;;. The van der Waals surface area contributed by atoms with Crippen molar-refractivity contribution in [2.75, 3.05) is 0 Å². The van der Waals surface area contributed by atoms with Gasteiger partial charge in [0.1, 0.15) is 0 Å². The molecule has 4 aromatic heterocycles. The molecule has 0 unspecified atom stereocenters. The fraction of sp³-hybridized carbons (Fsp3) is 0. The summed E-state index contributed by atoms with van der Waals surface area (Å²) in [7, 11) is 0. The number of fused-ring (bicyclic) bond motifs is 3. The van der Waals surface area contributed by atoms with E-state index < -0.39 is 0 Å². The molecule has 0 aliphatic heterocycles. The van der Waals surface area contributed by atoms with Gasteiger partial charge < -0.3 is 24.0 Å². The summed E-state index contributed by atoms with van der Waals surface area (Å²) in [5.74, 6) is 2.40. The Morgan fingerprint density at radius 3 is 1.47 bits per heavy atom. The minimum absolute atomic E-state index is 0. The van der Waals surface area contributed by atoms with Crippen LogP contribution in [0.25, 0.3) is 50.3 Å². The fourth-order valence-electron chi connectivity index (χ4n) is 5.11. The Kier molecular flexibility index (Phi) is 9.26. The van der Waals surface area contributed by atoms with Crippen molar-refractivity contribution in [2.45, 2.75) is 0 Å². The third kappa shape index (κ3) is 6.63. The molecule has 0 N–H and O–H groups in total. The maximum absolute atomic E-state index is 7.91. The molecule has 0 saturated carbocycles. The zero-order valence-corrected chi connectivity index (χ0v) is 28.1. The van der Waals surface area contributed by atoms with Gasteiger partial charge in [-0.25, -0.2) is 9.97 Å². The molecule has 230 valence electrons. The topological polar surface area (TPSA) is 75.0 Å². The molecule has 8 rings (SSSR count). The number of ether oxygens (including phenoxy) is 2. The van der Waals surface area contributed by atoms with E-state index in [0.29, 0.717) is 40.0 Å². The largest absolute Gasteiger partial charge is 2.00 e. The van der Waals surface area contributed by atoms with E-state index in [1.165, 1.54) is 12.4 Å². The SMILES string of the molecule is [2H]c1cnc(-n2c3[c-]c(Oc4[c-]c(-c5ccccn5)ccc4)ccc3c3ccc(Oc4[c-]c(-c5ccccn5)ccc4)[c-]c32)nc1.[Pd+2].[Pt+2]. The molecular formula is C38H21N5O2PdPt. The van der Waals surface area contributed by atoms with Crippen LogP contribution in [0.3, 0.4) is 0 Å². The molecule has 47 heavy (non-hydrogen) atoms. The van der Waals surface area contributed by atoms with E-state index in [0.717, 1.165) is 33.3 Å². The van der Waals surface area contributed by atoms with Gasteiger partial charge in [0.25, 0.3) is 0 Å². The second-order valence-corrected chi connectivity index (χ2v) is 9.98. The quantitative estimate of drug-likeness (QED) is 0.118. The number of hydrogen-bond donors (Lipinski definition) is 0. The molecule has 8 aromatic rings. The van der Waals surface area contributed by atoms with Crippen molar-refractivity contribution in [2.24, 2.45) is 0 Å². The molecule has 0 amide bonds. The zero-order valence-electron chi connectivity index (χ0n) is 25.2. The third-order valence-corrected chi connectivity index (χ3v) is 7.10. The van der Waals surface area contributed by atoms with Crippen molar-refractivity contribution < 1.29 is 52.3 Å². The number of aromatic nitrogens is 5. The maximum Gasteiger partial charge on any atom is 2.00 e. The molecule has 0 spiro atoms. The zero-order chi connectivity index (χ0) is 30.9. The van der Waals surface area contributed by atoms with Crippen LogP contribution >= 0.6 is 0 Å². The van der Waals surface area contributed by atoms with Crippen LogP contribution in [0.15, 0.2) is 128 Å². The van der Waals surface area contributed by atoms with E-state index in [4.69, 9.17) is 10.8 Å². The molecule has 0 bridgehead atoms. The van der Waals surface area contributed by atoms with E-state index in [-0.39, 0.29) is 47.5 Å². The average molecular weight is 882 g/mol. The smallest absolute Gasteiger partial charge is 0.503 e. The van der Waals surface area contributed by atoms with Gasteiger partial charge in [0.05, 0.1) is 1.37 Å². The summed E-state index contributed by atoms with van der Waals surface area (Å²) >= 11 is 0. The Bertz CT molecular complexity index is 2200. The Labute approximate surface area is 300 Å². The van der Waals surface area contributed by atoms with Gasteiger partial charge in [0.15, 0.2) is 0 Å². The van der Waals surface area contributed by atoms with E-state index in [2.05, 4.69) is 44.2 Å². The Balaban J connectivity index is 0.00000201. The first-order valence-corrected chi connectivity index (χ1v) is 14.1. The summed E-state index contributed by atoms with van der Waals surface area (Å²) in [5.41, 5.74) is 4.62. The van der Waals surface area contributed by atoms with Crippen LogP contribution in [-0.2, 0) is 41.5 Å². The summed E-state index contributed by atoms with van der Waals surface area (Å²) < 4.78 is 22.2. The van der Waals surface area contributed by atoms with Gasteiger partial charge in [-0.2, -0.15) is 22.9 Å². The molecule has 0 radical (unpaired) electrons. The summed E-state index contributed by atoms with van der Waals surface area (Å²) in [6, 6.07) is 44.1. The van der Waals surface area contributed by atoms with Gasteiger partial charge in [-0.1, -0.05) is 47.4 Å². The first-order valence-electron chi connectivity index (χ1n) is 14.6. The van der Waals surface area contributed by atoms with Gasteiger partial charge in [0.2, 0.25) is 5.95 Å². The van der Waals surface area contributed by atoms with Gasteiger partial charge >= 0.3 is 41.5 Å².